The quantitative estimate of drug-likeness (QED) is 0.462. The maximum atomic E-state index is 12.9. The molecule has 2 aromatic carbocycles. The van der Waals surface area contributed by atoms with Gasteiger partial charge in [0.25, 0.3) is 5.91 Å². The molecule has 0 radical (unpaired) electrons. The molecule has 160 valence electrons. The van der Waals surface area contributed by atoms with E-state index in [1.807, 2.05) is 49.4 Å². The Morgan fingerprint density at radius 3 is 2.39 bits per heavy atom. The molecule has 0 unspecified atom stereocenters. The summed E-state index contributed by atoms with van der Waals surface area (Å²) in [4.78, 5) is 19.8. The number of aryl methyl sites for hydroxylation is 1. The van der Waals surface area contributed by atoms with E-state index in [-0.39, 0.29) is 5.91 Å². The van der Waals surface area contributed by atoms with Gasteiger partial charge in [0.1, 0.15) is 5.82 Å². The first-order chi connectivity index (χ1) is 15.0. The molecule has 31 heavy (non-hydrogen) atoms. The van der Waals surface area contributed by atoms with E-state index in [9.17, 15) is 4.79 Å². The summed E-state index contributed by atoms with van der Waals surface area (Å²) < 4.78 is 0. The van der Waals surface area contributed by atoms with Crippen LogP contribution in [0.1, 0.15) is 41.6 Å². The second-order valence-electron chi connectivity index (χ2n) is 7.92. The third-order valence-electron chi connectivity index (χ3n) is 5.67. The third-order valence-corrected chi connectivity index (χ3v) is 6.41. The molecule has 0 aliphatic carbocycles. The fourth-order valence-electron chi connectivity index (χ4n) is 3.89. The lowest BCUT2D eigenvalue weighted by molar-refractivity contribution is 0.102. The molecule has 4 nitrogen and oxygen atoms in total. The van der Waals surface area contributed by atoms with Crippen LogP contribution in [0.25, 0.3) is 11.1 Å². The van der Waals surface area contributed by atoms with Crippen molar-refractivity contribution in [3.63, 3.8) is 0 Å². The number of hydrogen-bond acceptors (Lipinski definition) is 3. The van der Waals surface area contributed by atoms with E-state index in [1.165, 1.54) is 25.7 Å². The second-order valence-corrected chi connectivity index (χ2v) is 8.73. The average molecular weight is 454 g/mol. The van der Waals surface area contributed by atoms with Gasteiger partial charge in [-0.05, 0) is 72.9 Å². The summed E-state index contributed by atoms with van der Waals surface area (Å²) in [5.41, 5.74) is 4.17. The molecule has 1 aromatic heterocycles. The minimum atomic E-state index is -0.175. The van der Waals surface area contributed by atoms with Crippen LogP contribution in [0.2, 0.25) is 10.0 Å². The Morgan fingerprint density at radius 1 is 0.935 bits per heavy atom. The predicted molar refractivity (Wildman–Crippen MR) is 130 cm³/mol. The van der Waals surface area contributed by atoms with Crippen molar-refractivity contribution in [2.45, 2.75) is 32.6 Å². The first kappa shape index (κ1) is 21.7. The van der Waals surface area contributed by atoms with Gasteiger partial charge in [-0.15, -0.1) is 0 Å². The van der Waals surface area contributed by atoms with Crippen LogP contribution in [0.3, 0.4) is 0 Å². The molecule has 6 heteroatoms. The standard InChI is InChI=1S/C25H25Cl2N3O/c1-17-6-7-19(14-21(17)18-8-10-22(26)23(27)15-18)25(31)29-20-9-11-24(28-16-20)30-12-4-2-3-5-13-30/h6-11,14-16H,2-5,12-13H2,1H3,(H,29,31). The number of carbonyl (C=O) groups excluding carboxylic acids is 1. The molecule has 0 bridgehead atoms. The van der Waals surface area contributed by atoms with E-state index in [4.69, 9.17) is 23.2 Å². The topological polar surface area (TPSA) is 45.2 Å². The molecular weight excluding hydrogens is 429 g/mol. The van der Waals surface area contributed by atoms with Crippen molar-refractivity contribution in [2.75, 3.05) is 23.3 Å². The summed E-state index contributed by atoms with van der Waals surface area (Å²) in [6.45, 7) is 4.09. The zero-order valence-electron chi connectivity index (χ0n) is 17.5. The van der Waals surface area contributed by atoms with Gasteiger partial charge in [0, 0.05) is 18.7 Å². The third kappa shape index (κ3) is 5.20. The zero-order chi connectivity index (χ0) is 21.8. The molecule has 1 amide bonds. The number of amides is 1. The van der Waals surface area contributed by atoms with Crippen molar-refractivity contribution in [3.8, 4) is 11.1 Å². The highest BCUT2D eigenvalue weighted by Gasteiger charge is 2.13. The molecule has 0 saturated carbocycles. The normalized spacial score (nSPS) is 14.2. The van der Waals surface area contributed by atoms with Gasteiger partial charge < -0.3 is 10.2 Å². The first-order valence-corrected chi connectivity index (χ1v) is 11.4. The maximum Gasteiger partial charge on any atom is 0.255 e. The van der Waals surface area contributed by atoms with Crippen molar-refractivity contribution >= 4 is 40.6 Å². The maximum absolute atomic E-state index is 12.9. The fraction of sp³-hybridized carbons (Fsp3) is 0.280. The number of benzene rings is 2. The molecule has 1 saturated heterocycles. The van der Waals surface area contributed by atoms with Crippen LogP contribution in [0, 0.1) is 6.92 Å². The average Bonchev–Trinajstić information content (AvgIpc) is 3.06. The van der Waals surface area contributed by atoms with Crippen molar-refractivity contribution in [1.82, 2.24) is 4.98 Å². The van der Waals surface area contributed by atoms with E-state index in [0.29, 0.717) is 21.3 Å². The minimum absolute atomic E-state index is 0.175. The molecule has 1 N–H and O–H groups in total. The van der Waals surface area contributed by atoms with Crippen molar-refractivity contribution < 1.29 is 4.79 Å². The highest BCUT2D eigenvalue weighted by molar-refractivity contribution is 6.42. The predicted octanol–water partition coefficient (Wildman–Crippen LogP) is 7.00. The highest BCUT2D eigenvalue weighted by atomic mass is 35.5. The van der Waals surface area contributed by atoms with E-state index in [2.05, 4.69) is 15.2 Å². The first-order valence-electron chi connectivity index (χ1n) is 10.6. The largest absolute Gasteiger partial charge is 0.357 e. The van der Waals surface area contributed by atoms with Crippen LogP contribution in [-0.2, 0) is 0 Å². The van der Waals surface area contributed by atoms with Gasteiger partial charge in [-0.1, -0.05) is 48.2 Å². The van der Waals surface area contributed by atoms with Gasteiger partial charge in [-0.2, -0.15) is 0 Å². The number of halogens is 2. The number of nitrogens with zero attached hydrogens (tertiary/aromatic N) is 2. The Balaban J connectivity index is 1.50. The van der Waals surface area contributed by atoms with Crippen LogP contribution < -0.4 is 10.2 Å². The van der Waals surface area contributed by atoms with Crippen molar-refractivity contribution in [2.24, 2.45) is 0 Å². The summed E-state index contributed by atoms with van der Waals surface area (Å²) in [5.74, 6) is 0.794. The second kappa shape index (κ2) is 9.71. The molecule has 2 heterocycles. The van der Waals surface area contributed by atoms with Crippen LogP contribution in [-0.4, -0.2) is 24.0 Å². The molecule has 1 aliphatic heterocycles. The molecule has 0 atom stereocenters. The van der Waals surface area contributed by atoms with Gasteiger partial charge in [0.2, 0.25) is 0 Å². The van der Waals surface area contributed by atoms with Crippen LogP contribution in [0.4, 0.5) is 11.5 Å². The Hall–Kier alpha value is -2.56. The van der Waals surface area contributed by atoms with Crippen LogP contribution >= 0.6 is 23.2 Å². The van der Waals surface area contributed by atoms with Crippen LogP contribution in [0.5, 0.6) is 0 Å². The van der Waals surface area contributed by atoms with Crippen molar-refractivity contribution in [1.29, 1.82) is 0 Å². The van der Waals surface area contributed by atoms with E-state index < -0.39 is 0 Å². The van der Waals surface area contributed by atoms with Gasteiger partial charge in [-0.3, -0.25) is 4.79 Å². The number of carbonyl (C=O) groups is 1. The molecule has 0 spiro atoms. The fourth-order valence-corrected chi connectivity index (χ4v) is 4.19. The van der Waals surface area contributed by atoms with Gasteiger partial charge in [-0.25, -0.2) is 4.98 Å². The Labute approximate surface area is 193 Å². The van der Waals surface area contributed by atoms with E-state index in [1.54, 1.807) is 12.3 Å². The lowest BCUT2D eigenvalue weighted by Gasteiger charge is -2.21. The molecule has 4 rings (SSSR count). The van der Waals surface area contributed by atoms with E-state index in [0.717, 1.165) is 35.6 Å². The monoisotopic (exact) mass is 453 g/mol. The molecule has 1 fully saturated rings. The summed E-state index contributed by atoms with van der Waals surface area (Å²) in [5, 5.41) is 3.95. The summed E-state index contributed by atoms with van der Waals surface area (Å²) in [6.07, 6.45) is 6.70. The minimum Gasteiger partial charge on any atom is -0.357 e. The Kier molecular flexibility index (Phi) is 6.79. The number of anilines is 2. The summed E-state index contributed by atoms with van der Waals surface area (Å²) in [6, 6.07) is 15.0. The summed E-state index contributed by atoms with van der Waals surface area (Å²) >= 11 is 12.2. The number of aromatic nitrogens is 1. The lowest BCUT2D eigenvalue weighted by Crippen LogP contribution is -2.24. The molecule has 3 aromatic rings. The molecule has 1 aliphatic rings. The number of rotatable bonds is 4. The van der Waals surface area contributed by atoms with E-state index >= 15 is 0 Å². The lowest BCUT2D eigenvalue weighted by atomic mass is 9.98. The Bertz CT molecular complexity index is 1070. The smallest absolute Gasteiger partial charge is 0.255 e. The summed E-state index contributed by atoms with van der Waals surface area (Å²) in [7, 11) is 0. The van der Waals surface area contributed by atoms with Crippen molar-refractivity contribution in [3.05, 3.63) is 75.9 Å². The number of pyridine rings is 1. The highest BCUT2D eigenvalue weighted by Crippen LogP contribution is 2.31. The van der Waals surface area contributed by atoms with Gasteiger partial charge >= 0.3 is 0 Å². The molecular formula is C25H25Cl2N3O. The Morgan fingerprint density at radius 2 is 1.71 bits per heavy atom. The zero-order valence-corrected chi connectivity index (χ0v) is 19.0. The SMILES string of the molecule is Cc1ccc(C(=O)Nc2ccc(N3CCCCCC3)nc2)cc1-c1ccc(Cl)c(Cl)c1. The van der Waals surface area contributed by atoms with Gasteiger partial charge in [0.15, 0.2) is 0 Å². The number of hydrogen-bond donors (Lipinski definition) is 1. The van der Waals surface area contributed by atoms with Crippen LogP contribution in [0.15, 0.2) is 54.7 Å². The van der Waals surface area contributed by atoms with Gasteiger partial charge in [0.05, 0.1) is 21.9 Å². The number of nitrogens with one attached hydrogen (secondary N) is 1.